The van der Waals surface area contributed by atoms with Crippen molar-refractivity contribution >= 4 is 17.9 Å². The number of carbonyl (C=O) groups excluding carboxylic acids is 3. The fraction of sp³-hybridized carbons (Fsp3) is 0.773. The molecule has 2 aliphatic heterocycles. The van der Waals surface area contributed by atoms with Gasteiger partial charge >= 0.3 is 17.9 Å². The molecule has 0 radical (unpaired) electrons. The van der Waals surface area contributed by atoms with Gasteiger partial charge in [0.05, 0.1) is 18.8 Å². The zero-order chi connectivity index (χ0) is 22.1. The van der Waals surface area contributed by atoms with Crippen molar-refractivity contribution in [2.45, 2.75) is 71.9 Å². The molecular weight excluding hydrogens is 392 g/mol. The summed E-state index contributed by atoms with van der Waals surface area (Å²) < 4.78 is 28.2. The van der Waals surface area contributed by atoms with Gasteiger partial charge in [0.2, 0.25) is 6.29 Å². The molecule has 1 aliphatic carbocycles. The van der Waals surface area contributed by atoms with Gasteiger partial charge in [-0.1, -0.05) is 27.7 Å². The van der Waals surface area contributed by atoms with Gasteiger partial charge in [0.25, 0.3) is 0 Å². The molecule has 2 fully saturated rings. The molecule has 0 aromatic carbocycles. The van der Waals surface area contributed by atoms with Gasteiger partial charge in [-0.3, -0.25) is 14.4 Å². The molecule has 8 nitrogen and oxygen atoms in total. The lowest BCUT2D eigenvalue weighted by Gasteiger charge is -2.35. The fourth-order valence-corrected chi connectivity index (χ4v) is 4.38. The highest BCUT2D eigenvalue weighted by Crippen LogP contribution is 2.57. The highest BCUT2D eigenvalue weighted by Gasteiger charge is 2.70. The highest BCUT2D eigenvalue weighted by molar-refractivity contribution is 5.70. The van der Waals surface area contributed by atoms with Crippen LogP contribution in [0.3, 0.4) is 0 Å². The summed E-state index contributed by atoms with van der Waals surface area (Å²) in [6.45, 7) is 9.62. The van der Waals surface area contributed by atoms with Crippen molar-refractivity contribution in [2.75, 3.05) is 13.2 Å². The first-order valence-corrected chi connectivity index (χ1v) is 10.6. The fourth-order valence-electron chi connectivity index (χ4n) is 4.38. The monoisotopic (exact) mass is 424 g/mol. The number of carbonyl (C=O) groups is 3. The van der Waals surface area contributed by atoms with E-state index in [4.69, 9.17) is 23.7 Å². The topological polar surface area (TPSA) is 101 Å². The Balaban J connectivity index is 1.77. The Morgan fingerprint density at radius 3 is 2.30 bits per heavy atom. The minimum atomic E-state index is -0.834. The van der Waals surface area contributed by atoms with E-state index in [1.54, 1.807) is 0 Å². The van der Waals surface area contributed by atoms with E-state index in [0.717, 1.165) is 5.57 Å². The zero-order valence-electron chi connectivity index (χ0n) is 18.3. The van der Waals surface area contributed by atoms with Gasteiger partial charge in [-0.2, -0.15) is 0 Å². The molecule has 3 aliphatic rings. The van der Waals surface area contributed by atoms with Crippen LogP contribution in [0.25, 0.3) is 0 Å². The van der Waals surface area contributed by atoms with Gasteiger partial charge in [0.15, 0.2) is 0 Å². The third-order valence-corrected chi connectivity index (χ3v) is 5.72. The zero-order valence-corrected chi connectivity index (χ0v) is 18.3. The maximum atomic E-state index is 12.3. The van der Waals surface area contributed by atoms with Crippen LogP contribution in [0, 0.1) is 23.7 Å². The number of esters is 3. The molecule has 0 aromatic rings. The van der Waals surface area contributed by atoms with Gasteiger partial charge in [-0.25, -0.2) is 0 Å². The van der Waals surface area contributed by atoms with E-state index in [-0.39, 0.29) is 48.6 Å². The number of hydrogen-bond acceptors (Lipinski definition) is 8. The second-order valence-electron chi connectivity index (χ2n) is 9.25. The lowest BCUT2D eigenvalue weighted by Crippen LogP contribution is -2.45. The van der Waals surface area contributed by atoms with Crippen molar-refractivity contribution in [2.24, 2.45) is 23.7 Å². The standard InChI is InChI=1S/C22H32O8/c1-12(2)6-18(24)26-9-15-10-27-21(30-19(25)7-13(3)4)20-16(15)8-17(29-14(5)23)22(20)11-28-22/h10,12-13,16-17,20-21H,6-9,11H2,1-5H3/t16?,17-,20?,21-,22+/m0/s1. The highest BCUT2D eigenvalue weighted by atomic mass is 16.7. The maximum absolute atomic E-state index is 12.3. The summed E-state index contributed by atoms with van der Waals surface area (Å²) >= 11 is 0. The molecule has 168 valence electrons. The minimum Gasteiger partial charge on any atom is -0.462 e. The van der Waals surface area contributed by atoms with E-state index in [9.17, 15) is 14.4 Å². The first kappa shape index (κ1) is 22.6. The Morgan fingerprint density at radius 1 is 1.10 bits per heavy atom. The third kappa shape index (κ3) is 4.96. The average molecular weight is 424 g/mol. The van der Waals surface area contributed by atoms with Crippen LogP contribution in [0.15, 0.2) is 11.8 Å². The smallest absolute Gasteiger partial charge is 0.309 e. The molecule has 8 heteroatoms. The molecule has 30 heavy (non-hydrogen) atoms. The Morgan fingerprint density at radius 2 is 1.73 bits per heavy atom. The quantitative estimate of drug-likeness (QED) is 0.333. The first-order valence-electron chi connectivity index (χ1n) is 10.6. The molecule has 2 unspecified atom stereocenters. The summed E-state index contributed by atoms with van der Waals surface area (Å²) in [7, 11) is 0. The van der Waals surface area contributed by atoms with E-state index >= 15 is 0 Å². The van der Waals surface area contributed by atoms with Crippen molar-refractivity contribution in [1.82, 2.24) is 0 Å². The molecule has 3 rings (SSSR count). The average Bonchev–Trinajstić information content (AvgIpc) is 3.33. The van der Waals surface area contributed by atoms with E-state index < -0.39 is 24.0 Å². The molecule has 0 amide bonds. The van der Waals surface area contributed by atoms with Crippen LogP contribution in [-0.2, 0) is 38.1 Å². The number of hydrogen-bond donors (Lipinski definition) is 0. The molecule has 0 aromatic heterocycles. The lowest BCUT2D eigenvalue weighted by atomic mass is 9.83. The minimum absolute atomic E-state index is 0.0856. The van der Waals surface area contributed by atoms with Crippen LogP contribution < -0.4 is 0 Å². The first-order chi connectivity index (χ1) is 14.1. The molecule has 1 spiro atoms. The summed E-state index contributed by atoms with van der Waals surface area (Å²) in [5.41, 5.74) is 0.0402. The van der Waals surface area contributed by atoms with E-state index in [2.05, 4.69) is 0 Å². The van der Waals surface area contributed by atoms with Crippen molar-refractivity contribution in [3.8, 4) is 0 Å². The second-order valence-corrected chi connectivity index (χ2v) is 9.25. The Kier molecular flexibility index (Phi) is 6.75. The van der Waals surface area contributed by atoms with E-state index in [0.29, 0.717) is 19.4 Å². The van der Waals surface area contributed by atoms with Crippen LogP contribution in [0.4, 0.5) is 0 Å². The number of ether oxygens (including phenoxy) is 5. The van der Waals surface area contributed by atoms with Gasteiger partial charge < -0.3 is 23.7 Å². The van der Waals surface area contributed by atoms with Crippen molar-refractivity contribution < 1.29 is 38.1 Å². The van der Waals surface area contributed by atoms with Crippen molar-refractivity contribution in [1.29, 1.82) is 0 Å². The SMILES string of the molecule is CC(=O)O[C@H]1CC2C(COC(=O)CC(C)C)=CO[C@@H](OC(=O)CC(C)C)C2[C@@]12CO2. The van der Waals surface area contributed by atoms with Gasteiger partial charge in [-0.15, -0.1) is 0 Å². The molecule has 5 atom stereocenters. The summed E-state index contributed by atoms with van der Waals surface area (Å²) in [5, 5.41) is 0. The molecular formula is C22H32O8. The number of epoxide rings is 1. The van der Waals surface area contributed by atoms with Gasteiger partial charge in [0.1, 0.15) is 18.3 Å². The molecule has 1 saturated carbocycles. The largest absolute Gasteiger partial charge is 0.462 e. The summed E-state index contributed by atoms with van der Waals surface area (Å²) in [5.74, 6) is -1.13. The van der Waals surface area contributed by atoms with Crippen LogP contribution in [-0.4, -0.2) is 49.1 Å². The predicted molar refractivity (Wildman–Crippen MR) is 105 cm³/mol. The van der Waals surface area contributed by atoms with E-state index in [1.807, 2.05) is 27.7 Å². The number of rotatable bonds is 8. The summed E-state index contributed by atoms with van der Waals surface area (Å²) in [6, 6.07) is 0. The normalized spacial score (nSPS) is 31.8. The Bertz CT molecular complexity index is 706. The van der Waals surface area contributed by atoms with Crippen LogP contribution in [0.5, 0.6) is 0 Å². The van der Waals surface area contributed by atoms with Gasteiger partial charge in [-0.05, 0) is 18.3 Å². The van der Waals surface area contributed by atoms with E-state index in [1.165, 1.54) is 13.2 Å². The van der Waals surface area contributed by atoms with Crippen LogP contribution in [0.1, 0.15) is 53.9 Å². The third-order valence-electron chi connectivity index (χ3n) is 5.72. The number of fused-ring (bicyclic) bond motifs is 2. The second kappa shape index (κ2) is 8.96. The summed E-state index contributed by atoms with van der Waals surface area (Å²) in [6.07, 6.45) is 1.33. The molecule has 0 N–H and O–H groups in total. The van der Waals surface area contributed by atoms with Crippen LogP contribution in [0.2, 0.25) is 0 Å². The maximum Gasteiger partial charge on any atom is 0.309 e. The van der Waals surface area contributed by atoms with Gasteiger partial charge in [0, 0.05) is 31.3 Å². The molecule has 0 bridgehead atoms. The molecule has 1 saturated heterocycles. The Hall–Kier alpha value is -2.09. The summed E-state index contributed by atoms with van der Waals surface area (Å²) in [4.78, 5) is 35.9. The van der Waals surface area contributed by atoms with Crippen molar-refractivity contribution in [3.63, 3.8) is 0 Å². The van der Waals surface area contributed by atoms with Crippen LogP contribution >= 0.6 is 0 Å². The lowest BCUT2D eigenvalue weighted by molar-refractivity contribution is -0.192. The predicted octanol–water partition coefficient (Wildman–Crippen LogP) is 2.74. The Labute approximate surface area is 177 Å². The van der Waals surface area contributed by atoms with Crippen molar-refractivity contribution in [3.05, 3.63) is 11.8 Å². The molecule has 2 heterocycles.